The zero-order valence-electron chi connectivity index (χ0n) is 33.1. The van der Waals surface area contributed by atoms with Gasteiger partial charge in [-0.05, 0) is 94.4 Å². The molecule has 0 spiro atoms. The molecular weight excluding hydrogens is 750 g/mol. The average molecular weight is 807 g/mol. The lowest BCUT2D eigenvalue weighted by atomic mass is 9.95. The molecule has 7 N–H and O–H groups in total. The number of piperidine rings is 1. The summed E-state index contributed by atoms with van der Waals surface area (Å²) in [7, 11) is 0. The van der Waals surface area contributed by atoms with Gasteiger partial charge in [0.25, 0.3) is 0 Å². The van der Waals surface area contributed by atoms with Gasteiger partial charge in [-0.3, -0.25) is 14.3 Å². The predicted molar refractivity (Wildman–Crippen MR) is 218 cm³/mol. The minimum absolute atomic E-state index is 0.0400. The number of nitrogens with zero attached hydrogens (tertiary/aromatic N) is 6. The number of alkyl halides is 3. The summed E-state index contributed by atoms with van der Waals surface area (Å²) in [6.07, 6.45) is 8.06. The Bertz CT molecular complexity index is 1890. The molecule has 4 aromatic rings. The largest absolute Gasteiger partial charge is 0.416 e. The maximum Gasteiger partial charge on any atom is 0.416 e. The van der Waals surface area contributed by atoms with Crippen LogP contribution in [0.2, 0.25) is 0 Å². The van der Waals surface area contributed by atoms with Gasteiger partial charge in [0.15, 0.2) is 0 Å². The second-order valence-electron chi connectivity index (χ2n) is 15.3. The molecule has 1 unspecified atom stereocenters. The van der Waals surface area contributed by atoms with Crippen molar-refractivity contribution in [2.45, 2.75) is 115 Å². The molecular formula is C41H57F3N12O2. The number of carbonyl (C=O) groups is 2. The predicted octanol–water partition coefficient (Wildman–Crippen LogP) is 4.97. The zero-order valence-corrected chi connectivity index (χ0v) is 33.1. The molecule has 1 atom stereocenters. The Morgan fingerprint density at radius 2 is 1.64 bits per heavy atom. The fourth-order valence-electron chi connectivity index (χ4n) is 7.45. The first-order valence-electron chi connectivity index (χ1n) is 20.7. The van der Waals surface area contributed by atoms with Crippen LogP contribution < -0.4 is 32.3 Å². The number of para-hydroxylation sites is 1. The number of fused-ring (bicyclic) bond motifs is 1. The summed E-state index contributed by atoms with van der Waals surface area (Å²) in [4.78, 5) is 36.9. The van der Waals surface area contributed by atoms with Crippen LogP contribution in [0.25, 0.3) is 10.9 Å². The number of likely N-dealkylation sites (tertiary alicyclic amines) is 1. The van der Waals surface area contributed by atoms with Crippen molar-refractivity contribution in [2.24, 2.45) is 5.73 Å². The first-order chi connectivity index (χ1) is 28.1. The van der Waals surface area contributed by atoms with Crippen LogP contribution in [0.5, 0.6) is 0 Å². The van der Waals surface area contributed by atoms with Crippen molar-refractivity contribution in [2.75, 3.05) is 43.4 Å². The Hall–Kier alpha value is -4.87. The highest BCUT2D eigenvalue weighted by Gasteiger charge is 2.30. The number of benzene rings is 2. The third-order valence-corrected chi connectivity index (χ3v) is 10.9. The highest BCUT2D eigenvalue weighted by molar-refractivity contribution is 5.90. The number of aryl methyl sites for hydroxylation is 1. The number of carbonyl (C=O) groups excluding carboxylic acids is 2. The maximum atomic E-state index is 13.0. The molecule has 2 aromatic carbocycles. The summed E-state index contributed by atoms with van der Waals surface area (Å²) in [5.41, 5.74) is 7.40. The molecule has 1 saturated heterocycles. The van der Waals surface area contributed by atoms with E-state index in [0.29, 0.717) is 55.8 Å². The summed E-state index contributed by atoms with van der Waals surface area (Å²) in [6.45, 7) is 5.36. The Labute approximate surface area is 337 Å². The van der Waals surface area contributed by atoms with E-state index in [-0.39, 0.29) is 31.3 Å². The Balaban J connectivity index is 0.889. The Morgan fingerprint density at radius 3 is 2.41 bits per heavy atom. The topological polar surface area (TPSA) is 180 Å². The van der Waals surface area contributed by atoms with Gasteiger partial charge in [-0.15, -0.1) is 5.10 Å². The molecule has 14 nitrogen and oxygen atoms in total. The van der Waals surface area contributed by atoms with Crippen molar-refractivity contribution >= 4 is 34.5 Å². The van der Waals surface area contributed by atoms with E-state index in [1.807, 2.05) is 35.1 Å². The lowest BCUT2D eigenvalue weighted by molar-refractivity contribution is -0.137. The molecule has 0 radical (unpaired) electrons. The lowest BCUT2D eigenvalue weighted by Gasteiger charge is -2.33. The minimum atomic E-state index is -4.43. The van der Waals surface area contributed by atoms with Crippen LogP contribution in [0, 0.1) is 0 Å². The fourth-order valence-corrected chi connectivity index (χ4v) is 7.45. The molecule has 58 heavy (non-hydrogen) atoms. The van der Waals surface area contributed by atoms with E-state index in [4.69, 9.17) is 15.7 Å². The van der Waals surface area contributed by atoms with Gasteiger partial charge in [-0.25, -0.2) is 4.98 Å². The first-order valence-corrected chi connectivity index (χ1v) is 20.7. The summed E-state index contributed by atoms with van der Waals surface area (Å²) in [5, 5.41) is 26.3. The molecule has 6 rings (SSSR count). The van der Waals surface area contributed by atoms with E-state index in [9.17, 15) is 22.8 Å². The summed E-state index contributed by atoms with van der Waals surface area (Å²) in [5.74, 6) is 0.650. The number of aromatic nitrogens is 5. The first kappa shape index (κ1) is 42.7. The van der Waals surface area contributed by atoms with Crippen molar-refractivity contribution in [3.05, 3.63) is 71.5 Å². The van der Waals surface area contributed by atoms with Gasteiger partial charge in [-0.2, -0.15) is 18.2 Å². The molecule has 2 fully saturated rings. The normalized spacial score (nSPS) is 16.0. The van der Waals surface area contributed by atoms with Crippen molar-refractivity contribution < 1.29 is 22.8 Å². The van der Waals surface area contributed by atoms with E-state index >= 15 is 0 Å². The second kappa shape index (κ2) is 21.2. The van der Waals surface area contributed by atoms with Gasteiger partial charge in [0, 0.05) is 50.1 Å². The second-order valence-corrected chi connectivity index (χ2v) is 15.3. The SMILES string of the molecule is NC(CCC(=O)N1CCC(Nc2nc(NCc3cn(CCCNCCCNC4CCCCC4)nn3)nc3ccccc23)CC1)C(=O)NCc1ccc(C(F)(F)F)cc1. The van der Waals surface area contributed by atoms with Gasteiger partial charge in [0.05, 0.1) is 29.9 Å². The quantitative estimate of drug-likeness (QED) is 0.0665. The minimum Gasteiger partial charge on any atom is -0.367 e. The Kier molecular flexibility index (Phi) is 15.6. The van der Waals surface area contributed by atoms with Crippen molar-refractivity contribution in [1.29, 1.82) is 0 Å². The van der Waals surface area contributed by atoms with Gasteiger partial charge < -0.3 is 37.2 Å². The molecule has 2 aliphatic rings. The summed E-state index contributed by atoms with van der Waals surface area (Å²) < 4.78 is 40.3. The van der Waals surface area contributed by atoms with Crippen LogP contribution in [0.3, 0.4) is 0 Å². The average Bonchev–Trinajstić information content (AvgIpc) is 3.70. The van der Waals surface area contributed by atoms with Crippen LogP contribution in [-0.2, 0) is 35.4 Å². The number of anilines is 2. The number of nitrogens with one attached hydrogen (secondary N) is 5. The maximum absolute atomic E-state index is 13.0. The van der Waals surface area contributed by atoms with Gasteiger partial charge in [0.1, 0.15) is 11.5 Å². The molecule has 2 amide bonds. The van der Waals surface area contributed by atoms with Crippen LogP contribution in [-0.4, -0.2) is 92.5 Å². The number of hydrogen-bond donors (Lipinski definition) is 6. The number of hydrogen-bond acceptors (Lipinski definition) is 11. The van der Waals surface area contributed by atoms with Gasteiger partial charge >= 0.3 is 6.18 Å². The van der Waals surface area contributed by atoms with E-state index in [0.717, 1.165) is 67.8 Å². The summed E-state index contributed by atoms with van der Waals surface area (Å²) >= 11 is 0. The van der Waals surface area contributed by atoms with Gasteiger partial charge in [0.2, 0.25) is 17.8 Å². The van der Waals surface area contributed by atoms with E-state index in [1.165, 1.54) is 44.2 Å². The molecule has 1 aliphatic heterocycles. The van der Waals surface area contributed by atoms with Crippen LogP contribution in [0.15, 0.2) is 54.7 Å². The number of rotatable bonds is 20. The molecule has 314 valence electrons. The van der Waals surface area contributed by atoms with Crippen LogP contribution >= 0.6 is 0 Å². The standard InChI is InChI=1S/C41H57F3N12O2/c42-41(43,44)30-14-12-29(13-15-30)26-48-39(58)35(45)16-17-37(57)55-24-18-32(19-25-55)50-38-34-10-4-5-11-36(34)51-40(52-38)49-27-33-28-56(54-53-33)23-7-21-46-20-6-22-47-31-8-2-1-3-9-31/h4-5,10-15,28,31-32,35,46-47H,1-3,6-9,16-27,45H2,(H,48,58)(H2,49,50,51,52). The number of amides is 2. The molecule has 0 bridgehead atoms. The van der Waals surface area contributed by atoms with E-state index < -0.39 is 23.7 Å². The lowest BCUT2D eigenvalue weighted by Crippen LogP contribution is -2.44. The van der Waals surface area contributed by atoms with E-state index in [2.05, 4.69) is 36.9 Å². The third kappa shape index (κ3) is 13.1. The molecule has 1 saturated carbocycles. The third-order valence-electron chi connectivity index (χ3n) is 10.9. The zero-order chi connectivity index (χ0) is 40.7. The van der Waals surface area contributed by atoms with Crippen molar-refractivity contribution in [3.63, 3.8) is 0 Å². The van der Waals surface area contributed by atoms with Crippen LogP contribution in [0.1, 0.15) is 87.4 Å². The van der Waals surface area contributed by atoms with Gasteiger partial charge in [-0.1, -0.05) is 48.7 Å². The van der Waals surface area contributed by atoms with E-state index in [1.54, 1.807) is 4.90 Å². The fraction of sp³-hybridized carbons (Fsp3) is 0.561. The van der Waals surface area contributed by atoms with Crippen molar-refractivity contribution in [3.8, 4) is 0 Å². The molecule has 17 heteroatoms. The van der Waals surface area contributed by atoms with Crippen molar-refractivity contribution in [1.82, 2.24) is 45.8 Å². The highest BCUT2D eigenvalue weighted by atomic mass is 19.4. The monoisotopic (exact) mass is 806 g/mol. The number of nitrogens with two attached hydrogens (primary N) is 1. The number of halogens is 3. The Morgan fingerprint density at radius 1 is 0.879 bits per heavy atom. The van der Waals surface area contributed by atoms with Crippen LogP contribution in [0.4, 0.5) is 24.9 Å². The molecule has 1 aliphatic carbocycles. The summed E-state index contributed by atoms with van der Waals surface area (Å²) in [6, 6.07) is 12.3. The molecule has 3 heterocycles. The molecule has 2 aromatic heterocycles. The smallest absolute Gasteiger partial charge is 0.367 e. The highest BCUT2D eigenvalue weighted by Crippen LogP contribution is 2.29.